The van der Waals surface area contributed by atoms with E-state index in [1.165, 1.54) is 23.1 Å². The van der Waals surface area contributed by atoms with Crippen LogP contribution in [0.3, 0.4) is 0 Å². The number of hydrogen-bond acceptors (Lipinski definition) is 9. The maximum Gasteiger partial charge on any atom is 0.259 e. The molecular formula is C19H19N5O2S3. The summed E-state index contributed by atoms with van der Waals surface area (Å²) >= 11 is 4.51. The molecule has 4 rings (SSSR count). The van der Waals surface area contributed by atoms with Gasteiger partial charge < -0.3 is 15.0 Å². The van der Waals surface area contributed by atoms with Gasteiger partial charge in [0.15, 0.2) is 4.34 Å². The monoisotopic (exact) mass is 445 g/mol. The third-order valence-corrected chi connectivity index (χ3v) is 7.61. The van der Waals surface area contributed by atoms with Crippen molar-refractivity contribution in [2.45, 2.75) is 30.4 Å². The predicted molar refractivity (Wildman–Crippen MR) is 120 cm³/mol. The van der Waals surface area contributed by atoms with Crippen LogP contribution in [0, 0.1) is 13.8 Å². The highest BCUT2D eigenvalue weighted by molar-refractivity contribution is 8.01. The fraction of sp³-hybridized carbons (Fsp3) is 0.263. The molecule has 1 aromatic carbocycles. The third-order valence-electron chi connectivity index (χ3n) is 4.48. The standard InChI is InChI=1S/C19H19N5O2S3/c1-9-10(2)27-17-14(9)16(25)21-15(22-17)11(3)28-19-24-23-18(29-19)20-12-7-5-6-8-13(12)26-4/h5-8,11H,1-4H3,(H,20,23)(H,21,22,25). The highest BCUT2D eigenvalue weighted by Crippen LogP contribution is 2.38. The molecule has 0 saturated heterocycles. The van der Waals surface area contributed by atoms with Crippen molar-refractivity contribution in [3.63, 3.8) is 0 Å². The van der Waals surface area contributed by atoms with Gasteiger partial charge in [-0.15, -0.1) is 21.5 Å². The highest BCUT2D eigenvalue weighted by atomic mass is 32.2. The lowest BCUT2D eigenvalue weighted by Crippen LogP contribution is -2.12. The smallest absolute Gasteiger partial charge is 0.259 e. The number of methoxy groups -OCH3 is 1. The van der Waals surface area contributed by atoms with Gasteiger partial charge >= 0.3 is 0 Å². The van der Waals surface area contributed by atoms with Gasteiger partial charge in [0.25, 0.3) is 5.56 Å². The maximum atomic E-state index is 12.5. The first kappa shape index (κ1) is 19.9. The summed E-state index contributed by atoms with van der Waals surface area (Å²) < 4.78 is 6.14. The number of anilines is 2. The lowest BCUT2D eigenvalue weighted by molar-refractivity contribution is 0.417. The Morgan fingerprint density at radius 1 is 1.21 bits per heavy atom. The molecule has 2 N–H and O–H groups in total. The van der Waals surface area contributed by atoms with Gasteiger partial charge in [0.2, 0.25) is 5.13 Å². The summed E-state index contributed by atoms with van der Waals surface area (Å²) in [6, 6.07) is 7.64. The lowest BCUT2D eigenvalue weighted by Gasteiger charge is -2.08. The summed E-state index contributed by atoms with van der Waals surface area (Å²) in [5, 5.41) is 13.0. The van der Waals surface area contributed by atoms with E-state index in [1.807, 2.05) is 45.0 Å². The average Bonchev–Trinajstić information content (AvgIpc) is 3.26. The van der Waals surface area contributed by atoms with Crippen LogP contribution in [-0.2, 0) is 0 Å². The van der Waals surface area contributed by atoms with Gasteiger partial charge in [-0.2, -0.15) is 0 Å². The molecule has 10 heteroatoms. The molecule has 3 aromatic heterocycles. The van der Waals surface area contributed by atoms with Crippen LogP contribution >= 0.6 is 34.4 Å². The van der Waals surface area contributed by atoms with Gasteiger partial charge in [0.1, 0.15) is 16.4 Å². The number of aromatic amines is 1. The number of thioether (sulfide) groups is 1. The summed E-state index contributed by atoms with van der Waals surface area (Å²) in [6.07, 6.45) is 0. The largest absolute Gasteiger partial charge is 0.495 e. The fourth-order valence-corrected chi connectivity index (χ4v) is 5.84. The second-order valence-electron chi connectivity index (χ2n) is 6.37. The van der Waals surface area contributed by atoms with Crippen LogP contribution in [0.25, 0.3) is 10.2 Å². The Kier molecular flexibility index (Phi) is 5.57. The number of para-hydroxylation sites is 2. The van der Waals surface area contributed by atoms with Crippen molar-refractivity contribution in [3.05, 3.63) is 50.9 Å². The maximum absolute atomic E-state index is 12.5. The van der Waals surface area contributed by atoms with Gasteiger partial charge in [-0.25, -0.2) is 4.98 Å². The number of thiophene rings is 1. The Labute approximate surface area is 179 Å². The number of aryl methyl sites for hydroxylation is 2. The topological polar surface area (TPSA) is 92.8 Å². The summed E-state index contributed by atoms with van der Waals surface area (Å²) in [5.41, 5.74) is 1.74. The number of rotatable bonds is 6. The van der Waals surface area contributed by atoms with Gasteiger partial charge in [0, 0.05) is 4.88 Å². The number of hydrogen-bond donors (Lipinski definition) is 2. The molecule has 0 fully saturated rings. The van der Waals surface area contributed by atoms with E-state index in [0.29, 0.717) is 16.3 Å². The molecule has 1 atom stereocenters. The zero-order valence-electron chi connectivity index (χ0n) is 16.3. The minimum Gasteiger partial charge on any atom is -0.495 e. The zero-order chi connectivity index (χ0) is 20.5. The van der Waals surface area contributed by atoms with Crippen LogP contribution in [0.15, 0.2) is 33.4 Å². The molecule has 3 heterocycles. The first-order valence-corrected chi connectivity index (χ1v) is 11.4. The van der Waals surface area contributed by atoms with E-state index >= 15 is 0 Å². The summed E-state index contributed by atoms with van der Waals surface area (Å²) in [7, 11) is 1.63. The predicted octanol–water partition coefficient (Wildman–Crippen LogP) is 5.06. The Hall–Kier alpha value is -2.43. The molecule has 0 bridgehead atoms. The highest BCUT2D eigenvalue weighted by Gasteiger charge is 2.18. The molecule has 0 saturated carbocycles. The molecule has 7 nitrogen and oxygen atoms in total. The van der Waals surface area contributed by atoms with E-state index < -0.39 is 0 Å². The van der Waals surface area contributed by atoms with E-state index in [2.05, 4.69) is 25.5 Å². The second kappa shape index (κ2) is 8.13. The van der Waals surface area contributed by atoms with Gasteiger partial charge in [-0.3, -0.25) is 4.79 Å². The van der Waals surface area contributed by atoms with Crippen molar-refractivity contribution >= 4 is 55.5 Å². The Balaban J connectivity index is 1.53. The summed E-state index contributed by atoms with van der Waals surface area (Å²) in [4.78, 5) is 22.0. The number of nitrogens with one attached hydrogen (secondary N) is 2. The molecule has 0 amide bonds. The SMILES string of the molecule is COc1ccccc1Nc1nnc(SC(C)c2nc3sc(C)c(C)c3c(=O)[nH]2)s1. The minimum atomic E-state index is -0.0879. The molecule has 29 heavy (non-hydrogen) atoms. The lowest BCUT2D eigenvalue weighted by atomic mass is 10.2. The van der Waals surface area contributed by atoms with Crippen molar-refractivity contribution < 1.29 is 4.74 Å². The van der Waals surface area contributed by atoms with Crippen molar-refractivity contribution in [1.29, 1.82) is 0 Å². The fourth-order valence-electron chi connectivity index (χ4n) is 2.84. The summed E-state index contributed by atoms with van der Waals surface area (Å²) in [6.45, 7) is 5.97. The molecule has 0 aliphatic carbocycles. The number of fused-ring (bicyclic) bond motifs is 1. The normalized spacial score (nSPS) is 12.3. The second-order valence-corrected chi connectivity index (χ2v) is 10.1. The van der Waals surface area contributed by atoms with Crippen LogP contribution < -0.4 is 15.6 Å². The summed E-state index contributed by atoms with van der Waals surface area (Å²) in [5.74, 6) is 1.38. The first-order chi connectivity index (χ1) is 14.0. The Morgan fingerprint density at radius 2 is 2.00 bits per heavy atom. The molecule has 0 spiro atoms. The molecule has 0 radical (unpaired) electrons. The quantitative estimate of drug-likeness (QED) is 0.401. The van der Waals surface area contributed by atoms with Crippen LogP contribution in [0.4, 0.5) is 10.8 Å². The third kappa shape index (κ3) is 4.00. The molecule has 150 valence electrons. The number of aromatic nitrogens is 4. The Bertz CT molecular complexity index is 1230. The zero-order valence-corrected chi connectivity index (χ0v) is 18.7. The molecule has 0 aliphatic rings. The van der Waals surface area contributed by atoms with Gasteiger partial charge in [0.05, 0.1) is 23.4 Å². The number of H-pyrrole nitrogens is 1. The van der Waals surface area contributed by atoms with Crippen molar-refractivity contribution in [2.24, 2.45) is 0 Å². The van der Waals surface area contributed by atoms with Crippen LogP contribution in [0.5, 0.6) is 5.75 Å². The van der Waals surface area contributed by atoms with E-state index in [1.54, 1.807) is 18.4 Å². The first-order valence-electron chi connectivity index (χ1n) is 8.86. The van der Waals surface area contributed by atoms with Crippen LogP contribution in [-0.4, -0.2) is 27.3 Å². The molecule has 1 unspecified atom stereocenters. The van der Waals surface area contributed by atoms with Crippen LogP contribution in [0.2, 0.25) is 0 Å². The molecule has 4 aromatic rings. The Morgan fingerprint density at radius 3 is 2.79 bits per heavy atom. The molecule has 0 aliphatic heterocycles. The van der Waals surface area contributed by atoms with E-state index in [4.69, 9.17) is 4.74 Å². The van der Waals surface area contributed by atoms with Crippen LogP contribution in [0.1, 0.15) is 28.4 Å². The van der Waals surface area contributed by atoms with Gasteiger partial charge in [-0.05, 0) is 38.5 Å². The van der Waals surface area contributed by atoms with Crippen molar-refractivity contribution in [1.82, 2.24) is 20.2 Å². The van der Waals surface area contributed by atoms with E-state index in [-0.39, 0.29) is 10.8 Å². The average molecular weight is 446 g/mol. The van der Waals surface area contributed by atoms with E-state index in [0.717, 1.165) is 31.0 Å². The van der Waals surface area contributed by atoms with Crippen molar-refractivity contribution in [3.8, 4) is 5.75 Å². The number of benzene rings is 1. The molecular weight excluding hydrogens is 426 g/mol. The minimum absolute atomic E-state index is 0.0677. The van der Waals surface area contributed by atoms with Crippen molar-refractivity contribution in [2.75, 3.05) is 12.4 Å². The number of nitrogens with zero attached hydrogens (tertiary/aromatic N) is 3. The number of ether oxygens (including phenoxy) is 1. The van der Waals surface area contributed by atoms with Gasteiger partial charge in [-0.1, -0.05) is 35.2 Å². The van der Waals surface area contributed by atoms with E-state index in [9.17, 15) is 4.79 Å².